The summed E-state index contributed by atoms with van der Waals surface area (Å²) in [5, 5.41) is 3.14. The second-order valence-electron chi connectivity index (χ2n) is 7.61. The van der Waals surface area contributed by atoms with E-state index in [1.54, 1.807) is 36.4 Å². The second kappa shape index (κ2) is 7.47. The molecular weight excluding hydrogens is 376 g/mol. The third-order valence-electron chi connectivity index (χ3n) is 5.82. The molecule has 0 unspecified atom stereocenters. The topological polar surface area (TPSA) is 84.5 Å². The fraction of sp³-hybridized carbons (Fsp3) is 0.381. The summed E-state index contributed by atoms with van der Waals surface area (Å²) in [6.07, 6.45) is 4.81. The molecule has 6 nitrogen and oxygen atoms in total. The van der Waals surface area contributed by atoms with E-state index in [2.05, 4.69) is 10.0 Å². The van der Waals surface area contributed by atoms with E-state index in [-0.39, 0.29) is 16.8 Å². The summed E-state index contributed by atoms with van der Waals surface area (Å²) in [4.78, 5) is 12.6. The highest BCUT2D eigenvalue weighted by Crippen LogP contribution is 2.44. The van der Waals surface area contributed by atoms with Gasteiger partial charge in [-0.05, 0) is 79.6 Å². The Bertz CT molecular complexity index is 955. The third-order valence-corrected chi connectivity index (χ3v) is 7.22. The van der Waals surface area contributed by atoms with Crippen molar-refractivity contribution in [2.75, 3.05) is 11.8 Å². The number of methoxy groups -OCH3 is 1. The quantitative estimate of drug-likeness (QED) is 0.778. The summed E-state index contributed by atoms with van der Waals surface area (Å²) < 4.78 is 32.6. The summed E-state index contributed by atoms with van der Waals surface area (Å²) in [6.45, 7) is 0. The summed E-state index contributed by atoms with van der Waals surface area (Å²) >= 11 is 0. The van der Waals surface area contributed by atoms with Crippen LogP contribution in [0.2, 0.25) is 0 Å². The van der Waals surface area contributed by atoms with E-state index in [9.17, 15) is 13.2 Å². The molecule has 7 heteroatoms. The largest absolute Gasteiger partial charge is 0.497 e. The van der Waals surface area contributed by atoms with E-state index in [1.807, 2.05) is 0 Å². The number of carbonyl (C=O) groups excluding carboxylic acids is 1. The predicted molar refractivity (Wildman–Crippen MR) is 107 cm³/mol. The molecule has 2 bridgehead atoms. The van der Waals surface area contributed by atoms with Gasteiger partial charge in [0.2, 0.25) is 0 Å². The summed E-state index contributed by atoms with van der Waals surface area (Å²) in [6, 6.07) is 12.9. The maximum atomic E-state index is 12.5. The summed E-state index contributed by atoms with van der Waals surface area (Å²) in [5.41, 5.74) is 0.947. The monoisotopic (exact) mass is 400 g/mol. The molecule has 3 atom stereocenters. The first kappa shape index (κ1) is 18.8. The first-order chi connectivity index (χ1) is 13.4. The molecule has 0 radical (unpaired) electrons. The van der Waals surface area contributed by atoms with E-state index in [1.165, 1.54) is 38.5 Å². The van der Waals surface area contributed by atoms with Crippen molar-refractivity contribution in [1.82, 2.24) is 5.32 Å². The van der Waals surface area contributed by atoms with E-state index >= 15 is 0 Å². The molecule has 2 aliphatic carbocycles. The van der Waals surface area contributed by atoms with Crippen LogP contribution in [-0.2, 0) is 10.0 Å². The van der Waals surface area contributed by atoms with Crippen molar-refractivity contribution in [2.24, 2.45) is 11.8 Å². The van der Waals surface area contributed by atoms with Crippen LogP contribution in [0.3, 0.4) is 0 Å². The Morgan fingerprint density at radius 1 is 1.00 bits per heavy atom. The molecule has 2 aromatic carbocycles. The van der Waals surface area contributed by atoms with Crippen molar-refractivity contribution < 1.29 is 17.9 Å². The predicted octanol–water partition coefficient (Wildman–Crippen LogP) is 3.41. The van der Waals surface area contributed by atoms with E-state index < -0.39 is 10.0 Å². The molecule has 28 heavy (non-hydrogen) atoms. The maximum Gasteiger partial charge on any atom is 0.261 e. The molecule has 0 heterocycles. The van der Waals surface area contributed by atoms with Crippen LogP contribution in [0.4, 0.5) is 5.69 Å². The summed E-state index contributed by atoms with van der Waals surface area (Å²) in [7, 11) is -2.18. The van der Waals surface area contributed by atoms with Gasteiger partial charge in [0.15, 0.2) is 0 Å². The van der Waals surface area contributed by atoms with Crippen LogP contribution in [0.15, 0.2) is 53.4 Å². The van der Waals surface area contributed by atoms with Crippen LogP contribution in [-0.4, -0.2) is 27.5 Å². The van der Waals surface area contributed by atoms with Crippen LogP contribution in [0, 0.1) is 11.8 Å². The van der Waals surface area contributed by atoms with Gasteiger partial charge in [-0.25, -0.2) is 8.42 Å². The molecule has 0 saturated heterocycles. The minimum Gasteiger partial charge on any atom is -0.497 e. The number of anilines is 1. The van der Waals surface area contributed by atoms with Crippen molar-refractivity contribution in [3.8, 4) is 5.75 Å². The van der Waals surface area contributed by atoms with Gasteiger partial charge in [-0.3, -0.25) is 9.52 Å². The fourth-order valence-electron chi connectivity index (χ4n) is 4.33. The Labute approximate surface area is 165 Å². The lowest BCUT2D eigenvalue weighted by molar-refractivity contribution is 0.0923. The second-order valence-corrected chi connectivity index (χ2v) is 9.30. The third kappa shape index (κ3) is 3.85. The minimum atomic E-state index is -3.70. The lowest BCUT2D eigenvalue weighted by atomic mass is 9.95. The Hall–Kier alpha value is -2.54. The van der Waals surface area contributed by atoms with E-state index in [4.69, 9.17) is 4.74 Å². The maximum absolute atomic E-state index is 12.5. The average molecular weight is 401 g/mol. The van der Waals surface area contributed by atoms with Crippen LogP contribution in [0.5, 0.6) is 5.75 Å². The Morgan fingerprint density at radius 2 is 1.71 bits per heavy atom. The zero-order valence-corrected chi connectivity index (χ0v) is 16.5. The van der Waals surface area contributed by atoms with Crippen molar-refractivity contribution in [3.05, 3.63) is 54.1 Å². The fourth-order valence-corrected chi connectivity index (χ4v) is 5.39. The molecule has 2 aromatic rings. The molecule has 4 rings (SSSR count). The number of benzene rings is 2. The number of hydrogen-bond acceptors (Lipinski definition) is 4. The lowest BCUT2D eigenvalue weighted by Gasteiger charge is -2.22. The number of carbonyl (C=O) groups is 1. The molecule has 0 aromatic heterocycles. The van der Waals surface area contributed by atoms with Crippen LogP contribution in [0.1, 0.15) is 36.0 Å². The number of rotatable bonds is 6. The van der Waals surface area contributed by atoms with Gasteiger partial charge in [0.25, 0.3) is 15.9 Å². The first-order valence-electron chi connectivity index (χ1n) is 9.52. The average Bonchev–Trinajstić information content (AvgIpc) is 3.31. The van der Waals surface area contributed by atoms with Crippen LogP contribution in [0.25, 0.3) is 0 Å². The highest BCUT2D eigenvalue weighted by molar-refractivity contribution is 7.92. The first-order valence-corrected chi connectivity index (χ1v) is 11.0. The molecular formula is C21H24N2O4S. The van der Waals surface area contributed by atoms with Gasteiger partial charge in [-0.2, -0.15) is 0 Å². The standard InChI is InChI=1S/C21H24N2O4S/c1-27-18-8-10-19(11-9-18)28(25,26)23-17-6-4-15(5-7-17)21(24)22-20-13-14-2-3-16(20)12-14/h4-11,14,16,20,23H,2-3,12-13H2,1H3,(H,22,24)/t14-,16-,20+/m1/s1. The molecule has 2 saturated carbocycles. The number of nitrogens with one attached hydrogen (secondary N) is 2. The van der Waals surface area contributed by atoms with Crippen LogP contribution < -0.4 is 14.8 Å². The highest BCUT2D eigenvalue weighted by atomic mass is 32.2. The Morgan fingerprint density at radius 3 is 2.29 bits per heavy atom. The Kier molecular flexibility index (Phi) is 5.02. The molecule has 0 spiro atoms. The molecule has 2 aliphatic rings. The normalized spacial score (nSPS) is 23.4. The van der Waals surface area contributed by atoms with Crippen molar-refractivity contribution >= 4 is 21.6 Å². The zero-order valence-electron chi connectivity index (χ0n) is 15.7. The molecule has 148 valence electrons. The minimum absolute atomic E-state index is 0.0953. The number of ether oxygens (including phenoxy) is 1. The van der Waals surface area contributed by atoms with E-state index in [0.29, 0.717) is 22.9 Å². The highest BCUT2D eigenvalue weighted by Gasteiger charge is 2.40. The SMILES string of the molecule is COc1ccc(S(=O)(=O)Nc2ccc(C(=O)N[C@H]3C[C@@H]4CC[C@@H]3C4)cc2)cc1. The Balaban J connectivity index is 1.40. The van der Waals surface area contributed by atoms with Gasteiger partial charge < -0.3 is 10.1 Å². The molecule has 1 amide bonds. The lowest BCUT2D eigenvalue weighted by Crippen LogP contribution is -2.38. The van der Waals surface area contributed by atoms with Crippen LogP contribution >= 0.6 is 0 Å². The van der Waals surface area contributed by atoms with Gasteiger partial charge in [0.1, 0.15) is 5.75 Å². The number of hydrogen-bond donors (Lipinski definition) is 2. The molecule has 2 N–H and O–H groups in total. The zero-order chi connectivity index (χ0) is 19.7. The summed E-state index contributed by atoms with van der Waals surface area (Å²) in [5.74, 6) is 1.88. The van der Waals surface area contributed by atoms with E-state index in [0.717, 1.165) is 12.3 Å². The molecule has 0 aliphatic heterocycles. The van der Waals surface area contributed by atoms with Gasteiger partial charge in [0, 0.05) is 17.3 Å². The van der Waals surface area contributed by atoms with Gasteiger partial charge in [0.05, 0.1) is 12.0 Å². The number of amides is 1. The molecule has 2 fully saturated rings. The van der Waals surface area contributed by atoms with Crippen molar-refractivity contribution in [2.45, 2.75) is 36.6 Å². The number of sulfonamides is 1. The van der Waals surface area contributed by atoms with Crippen molar-refractivity contribution in [3.63, 3.8) is 0 Å². The van der Waals surface area contributed by atoms with Gasteiger partial charge in [-0.1, -0.05) is 6.42 Å². The van der Waals surface area contributed by atoms with Gasteiger partial charge >= 0.3 is 0 Å². The van der Waals surface area contributed by atoms with Crippen molar-refractivity contribution in [1.29, 1.82) is 0 Å². The number of fused-ring (bicyclic) bond motifs is 2. The van der Waals surface area contributed by atoms with Gasteiger partial charge in [-0.15, -0.1) is 0 Å². The smallest absolute Gasteiger partial charge is 0.261 e.